The van der Waals surface area contributed by atoms with Crippen molar-refractivity contribution >= 4 is 38.5 Å². The topological polar surface area (TPSA) is 112 Å². The molecular formula is C20H14ClFN6O3S. The highest BCUT2D eigenvalue weighted by Gasteiger charge is 2.24. The Balaban J connectivity index is 1.71. The number of aromatic nitrogens is 5. The number of anilines is 1. The number of hydrogen-bond acceptors (Lipinski definition) is 7. The van der Waals surface area contributed by atoms with Crippen LogP contribution in [-0.2, 0) is 17.1 Å². The van der Waals surface area contributed by atoms with E-state index in [1.165, 1.54) is 31.8 Å². The lowest BCUT2D eigenvalue weighted by molar-refractivity contribution is 0.385. The van der Waals surface area contributed by atoms with Gasteiger partial charge in [-0.2, -0.15) is 0 Å². The van der Waals surface area contributed by atoms with E-state index >= 15 is 4.39 Å². The van der Waals surface area contributed by atoms with Gasteiger partial charge in [-0.25, -0.2) is 27.8 Å². The van der Waals surface area contributed by atoms with Gasteiger partial charge in [-0.15, -0.1) is 0 Å². The molecule has 0 amide bonds. The number of pyridine rings is 3. The molecule has 0 aliphatic heterocycles. The van der Waals surface area contributed by atoms with E-state index < -0.39 is 21.7 Å². The zero-order chi connectivity index (χ0) is 22.9. The van der Waals surface area contributed by atoms with E-state index in [0.717, 1.165) is 11.6 Å². The summed E-state index contributed by atoms with van der Waals surface area (Å²) < 4.78 is 49.4. The smallest absolute Gasteiger partial charge is 0.268 e. The van der Waals surface area contributed by atoms with E-state index in [2.05, 4.69) is 36.5 Å². The van der Waals surface area contributed by atoms with Crippen LogP contribution in [0.4, 0.5) is 10.2 Å². The van der Waals surface area contributed by atoms with E-state index in [1.807, 2.05) is 0 Å². The molecule has 0 radical (unpaired) electrons. The fraction of sp³-hybridized carbons (Fsp3) is 0.100. The number of sulfonamides is 1. The molecule has 0 aromatic carbocycles. The average molecular weight is 473 g/mol. The van der Waals surface area contributed by atoms with Gasteiger partial charge in [0.05, 0.1) is 41.3 Å². The summed E-state index contributed by atoms with van der Waals surface area (Å²) in [4.78, 5) is 15.5. The van der Waals surface area contributed by atoms with Gasteiger partial charge in [0.15, 0.2) is 16.5 Å². The molecule has 0 unspecified atom stereocenters. The quantitative estimate of drug-likeness (QED) is 0.454. The highest BCUT2D eigenvalue weighted by Crippen LogP contribution is 2.27. The van der Waals surface area contributed by atoms with Crippen LogP contribution < -0.4 is 9.46 Å². The summed E-state index contributed by atoms with van der Waals surface area (Å²) in [6.45, 7) is 0. The molecule has 4 aromatic rings. The molecule has 0 spiro atoms. The molecule has 0 aliphatic carbocycles. The third-order valence-electron chi connectivity index (χ3n) is 4.34. The molecule has 0 saturated carbocycles. The van der Waals surface area contributed by atoms with Crippen molar-refractivity contribution in [3.63, 3.8) is 0 Å². The van der Waals surface area contributed by atoms with Gasteiger partial charge in [0.25, 0.3) is 10.0 Å². The molecule has 12 heteroatoms. The molecule has 0 saturated heterocycles. The van der Waals surface area contributed by atoms with Crippen molar-refractivity contribution < 1.29 is 17.5 Å². The fourth-order valence-electron chi connectivity index (χ4n) is 2.89. The molecule has 4 aromatic heterocycles. The number of rotatable bonds is 4. The average Bonchev–Trinajstić information content (AvgIpc) is 3.16. The molecule has 9 nitrogen and oxygen atoms in total. The van der Waals surface area contributed by atoms with Gasteiger partial charge >= 0.3 is 0 Å². The summed E-state index contributed by atoms with van der Waals surface area (Å²) >= 11 is 5.85. The van der Waals surface area contributed by atoms with Crippen molar-refractivity contribution in [2.24, 2.45) is 7.05 Å². The summed E-state index contributed by atoms with van der Waals surface area (Å²) in [5, 5.41) is 0.0668. The Morgan fingerprint density at radius 1 is 1.16 bits per heavy atom. The number of ether oxygens (including phenoxy) is 1. The summed E-state index contributed by atoms with van der Waals surface area (Å²) in [5.74, 6) is 3.88. The van der Waals surface area contributed by atoms with E-state index in [0.29, 0.717) is 11.1 Å². The van der Waals surface area contributed by atoms with Crippen molar-refractivity contribution in [3.05, 3.63) is 65.2 Å². The molecule has 0 fully saturated rings. The number of fused-ring (bicyclic) bond motifs is 1. The normalized spacial score (nSPS) is 11.1. The number of imidazole rings is 1. The van der Waals surface area contributed by atoms with E-state index in [-0.39, 0.29) is 21.4 Å². The van der Waals surface area contributed by atoms with Crippen molar-refractivity contribution in [1.29, 1.82) is 0 Å². The molecule has 4 heterocycles. The van der Waals surface area contributed by atoms with Crippen molar-refractivity contribution in [1.82, 2.24) is 24.5 Å². The van der Waals surface area contributed by atoms with Crippen LogP contribution in [0.3, 0.4) is 0 Å². The Labute approximate surface area is 187 Å². The van der Waals surface area contributed by atoms with Gasteiger partial charge < -0.3 is 9.30 Å². The Bertz CT molecular complexity index is 1510. The number of hydrogen-bond donors (Lipinski definition) is 1. The monoisotopic (exact) mass is 472 g/mol. The summed E-state index contributed by atoms with van der Waals surface area (Å²) in [6, 6.07) is 2.47. The van der Waals surface area contributed by atoms with Crippen LogP contribution in [-0.4, -0.2) is 40.0 Å². The van der Waals surface area contributed by atoms with Gasteiger partial charge in [-0.05, 0) is 12.1 Å². The maximum absolute atomic E-state index is 15.0. The van der Waals surface area contributed by atoms with Gasteiger partial charge in [-0.1, -0.05) is 23.4 Å². The van der Waals surface area contributed by atoms with Crippen LogP contribution in [0.2, 0.25) is 5.02 Å². The lowest BCUT2D eigenvalue weighted by atomic mass is 10.2. The Kier molecular flexibility index (Phi) is 5.65. The maximum atomic E-state index is 15.0. The first kappa shape index (κ1) is 21.5. The van der Waals surface area contributed by atoms with Crippen LogP contribution in [0.25, 0.3) is 11.0 Å². The number of aryl methyl sites for hydroxylation is 1. The van der Waals surface area contributed by atoms with Crippen LogP contribution in [0, 0.1) is 17.7 Å². The Morgan fingerprint density at radius 2 is 1.94 bits per heavy atom. The van der Waals surface area contributed by atoms with Gasteiger partial charge in [0, 0.05) is 25.6 Å². The second-order valence-corrected chi connectivity index (χ2v) is 8.54. The minimum atomic E-state index is -4.31. The van der Waals surface area contributed by atoms with Crippen molar-refractivity contribution in [2.75, 3.05) is 11.8 Å². The van der Waals surface area contributed by atoms with Crippen LogP contribution in [0.1, 0.15) is 11.1 Å². The standard InChI is InChI=1S/C20H14ClFN6O3S/c1-28-11-26-15-10-23-8-13(18(15)28)4-3-12-5-6-24-19(17(12)22)27-32(29,30)16-7-14(21)9-25-20(16)31-2/h5-11H,1-2H3,(H,24,27). The van der Waals surface area contributed by atoms with Gasteiger partial charge in [0.1, 0.15) is 5.52 Å². The van der Waals surface area contributed by atoms with E-state index in [1.54, 1.807) is 24.1 Å². The fourth-order valence-corrected chi connectivity index (χ4v) is 4.27. The van der Waals surface area contributed by atoms with Crippen molar-refractivity contribution in [2.45, 2.75) is 4.90 Å². The molecule has 4 rings (SSSR count). The predicted octanol–water partition coefficient (Wildman–Crippen LogP) is 2.76. The second-order valence-electron chi connectivity index (χ2n) is 6.45. The molecule has 0 bridgehead atoms. The van der Waals surface area contributed by atoms with E-state index in [4.69, 9.17) is 16.3 Å². The predicted molar refractivity (Wildman–Crippen MR) is 115 cm³/mol. The first-order chi connectivity index (χ1) is 15.3. The number of halogens is 2. The lowest BCUT2D eigenvalue weighted by Gasteiger charge is -2.11. The molecular weight excluding hydrogens is 459 g/mol. The minimum absolute atomic E-state index is 0.0620. The second kappa shape index (κ2) is 8.41. The first-order valence-electron chi connectivity index (χ1n) is 8.94. The molecule has 0 aliphatic rings. The Hall–Kier alpha value is -3.75. The molecule has 32 heavy (non-hydrogen) atoms. The molecule has 0 atom stereocenters. The van der Waals surface area contributed by atoms with Gasteiger partial charge in [0.2, 0.25) is 5.88 Å². The van der Waals surface area contributed by atoms with Gasteiger partial charge in [-0.3, -0.25) is 9.71 Å². The number of nitrogens with zero attached hydrogens (tertiary/aromatic N) is 5. The largest absolute Gasteiger partial charge is 0.480 e. The third kappa shape index (κ3) is 4.05. The highest BCUT2D eigenvalue weighted by atomic mass is 35.5. The van der Waals surface area contributed by atoms with Crippen LogP contribution >= 0.6 is 11.6 Å². The third-order valence-corrected chi connectivity index (χ3v) is 5.88. The lowest BCUT2D eigenvalue weighted by Crippen LogP contribution is -2.17. The van der Waals surface area contributed by atoms with Crippen LogP contribution in [0.15, 0.2) is 48.1 Å². The maximum Gasteiger partial charge on any atom is 0.268 e. The minimum Gasteiger partial charge on any atom is -0.480 e. The SMILES string of the molecule is COc1ncc(Cl)cc1S(=O)(=O)Nc1nccc(C#Cc2cncc3ncn(C)c23)c1F. The summed E-state index contributed by atoms with van der Waals surface area (Å²) in [5.41, 5.74) is 1.86. The zero-order valence-corrected chi connectivity index (χ0v) is 18.2. The number of methoxy groups -OCH3 is 1. The van der Waals surface area contributed by atoms with E-state index in [9.17, 15) is 8.42 Å². The Morgan fingerprint density at radius 3 is 2.72 bits per heavy atom. The molecule has 162 valence electrons. The zero-order valence-electron chi connectivity index (χ0n) is 16.7. The highest BCUT2D eigenvalue weighted by molar-refractivity contribution is 7.92. The summed E-state index contributed by atoms with van der Waals surface area (Å²) in [6.07, 6.45) is 7.22. The molecule has 1 N–H and O–H groups in total. The van der Waals surface area contributed by atoms with Crippen molar-refractivity contribution in [3.8, 4) is 17.7 Å². The van der Waals surface area contributed by atoms with Crippen LogP contribution in [0.5, 0.6) is 5.88 Å². The summed E-state index contributed by atoms with van der Waals surface area (Å²) in [7, 11) is -1.25. The number of nitrogens with one attached hydrogen (secondary N) is 1. The first-order valence-corrected chi connectivity index (χ1v) is 10.8.